The minimum absolute atomic E-state index is 0.0342. The number of thioether (sulfide) groups is 1. The van der Waals surface area contributed by atoms with E-state index in [1.54, 1.807) is 11.8 Å². The van der Waals surface area contributed by atoms with Gasteiger partial charge in [-0.05, 0) is 47.4 Å². The highest BCUT2D eigenvalue weighted by molar-refractivity contribution is 7.99. The highest BCUT2D eigenvalue weighted by atomic mass is 35.5. The number of hydrogen-bond acceptors (Lipinski definition) is 5. The Morgan fingerprint density at radius 3 is 3.00 bits per heavy atom. The second-order valence-corrected chi connectivity index (χ2v) is 7.62. The van der Waals surface area contributed by atoms with Crippen LogP contribution in [0.2, 0.25) is 5.02 Å². The van der Waals surface area contributed by atoms with E-state index in [0.717, 1.165) is 35.7 Å². The van der Waals surface area contributed by atoms with E-state index >= 15 is 0 Å². The van der Waals surface area contributed by atoms with E-state index in [-0.39, 0.29) is 5.91 Å². The number of amides is 1. The molecule has 25 heavy (non-hydrogen) atoms. The molecule has 8 heteroatoms. The fourth-order valence-corrected chi connectivity index (χ4v) is 4.04. The third-order valence-electron chi connectivity index (χ3n) is 4.32. The van der Waals surface area contributed by atoms with E-state index in [9.17, 15) is 4.79 Å². The molecule has 0 saturated heterocycles. The van der Waals surface area contributed by atoms with Crippen LogP contribution in [0.4, 0.5) is 0 Å². The number of nitrogens with zero attached hydrogens (tertiary/aromatic N) is 4. The molecule has 1 saturated carbocycles. The van der Waals surface area contributed by atoms with Gasteiger partial charge in [0.05, 0.1) is 17.5 Å². The first-order valence-electron chi connectivity index (χ1n) is 8.58. The second-order valence-electron chi connectivity index (χ2n) is 6.20. The van der Waals surface area contributed by atoms with Crippen LogP contribution < -0.4 is 5.32 Å². The fraction of sp³-hybridized carbons (Fsp3) is 0.529. The minimum Gasteiger partial charge on any atom is -0.355 e. The lowest BCUT2D eigenvalue weighted by Gasteiger charge is -2.11. The zero-order valence-electron chi connectivity index (χ0n) is 14.0. The summed E-state index contributed by atoms with van der Waals surface area (Å²) in [7, 11) is 0. The van der Waals surface area contributed by atoms with Crippen molar-refractivity contribution in [1.82, 2.24) is 25.5 Å². The summed E-state index contributed by atoms with van der Waals surface area (Å²) < 4.78 is 1.94. The molecule has 134 valence electrons. The number of rotatable bonds is 8. The molecule has 0 radical (unpaired) electrons. The Morgan fingerprint density at radius 2 is 2.20 bits per heavy atom. The molecule has 0 atom stereocenters. The van der Waals surface area contributed by atoms with Crippen LogP contribution in [0, 0.1) is 0 Å². The van der Waals surface area contributed by atoms with Gasteiger partial charge in [-0.15, -0.1) is 16.9 Å². The molecule has 1 amide bonds. The molecule has 1 aliphatic rings. The Labute approximate surface area is 156 Å². The molecule has 0 bridgehead atoms. The van der Waals surface area contributed by atoms with Crippen LogP contribution in [0.5, 0.6) is 0 Å². The summed E-state index contributed by atoms with van der Waals surface area (Å²) in [5.74, 6) is 1.97. The van der Waals surface area contributed by atoms with Crippen LogP contribution in [0.1, 0.15) is 43.1 Å². The quantitative estimate of drug-likeness (QED) is 0.763. The van der Waals surface area contributed by atoms with Crippen molar-refractivity contribution in [1.29, 1.82) is 0 Å². The van der Waals surface area contributed by atoms with E-state index in [4.69, 9.17) is 11.6 Å². The summed E-state index contributed by atoms with van der Waals surface area (Å²) in [5.41, 5.74) is 1.12. The molecule has 1 aromatic heterocycles. The normalized spacial score (nSPS) is 14.8. The number of nitrogens with one attached hydrogen (secondary N) is 1. The van der Waals surface area contributed by atoms with Crippen molar-refractivity contribution < 1.29 is 4.79 Å². The lowest BCUT2D eigenvalue weighted by molar-refractivity contribution is -0.118. The maximum absolute atomic E-state index is 12.0. The highest BCUT2D eigenvalue weighted by Crippen LogP contribution is 2.29. The average molecular weight is 380 g/mol. The summed E-state index contributed by atoms with van der Waals surface area (Å²) in [5, 5.41) is 15.7. The second kappa shape index (κ2) is 9.20. The smallest absolute Gasteiger partial charge is 0.230 e. The van der Waals surface area contributed by atoms with Gasteiger partial charge < -0.3 is 5.32 Å². The number of hydrogen-bond donors (Lipinski definition) is 1. The molecule has 1 aliphatic carbocycles. The van der Waals surface area contributed by atoms with Gasteiger partial charge in [-0.1, -0.05) is 36.6 Å². The van der Waals surface area contributed by atoms with E-state index in [2.05, 4.69) is 20.8 Å². The van der Waals surface area contributed by atoms with Gasteiger partial charge in [0.2, 0.25) is 5.91 Å². The molecule has 3 rings (SSSR count). The van der Waals surface area contributed by atoms with Crippen LogP contribution in [-0.2, 0) is 17.0 Å². The Morgan fingerprint density at radius 1 is 1.36 bits per heavy atom. The monoisotopic (exact) mass is 379 g/mol. The number of benzene rings is 1. The van der Waals surface area contributed by atoms with Crippen LogP contribution in [0.3, 0.4) is 0 Å². The van der Waals surface area contributed by atoms with Crippen LogP contribution in [0.15, 0.2) is 24.3 Å². The zero-order valence-corrected chi connectivity index (χ0v) is 15.6. The summed E-state index contributed by atoms with van der Waals surface area (Å²) in [6.07, 6.45) is 5.55. The van der Waals surface area contributed by atoms with Crippen molar-refractivity contribution in [3.05, 3.63) is 40.7 Å². The van der Waals surface area contributed by atoms with Gasteiger partial charge in [-0.3, -0.25) is 4.79 Å². The van der Waals surface area contributed by atoms with Gasteiger partial charge in [0.25, 0.3) is 0 Å². The lowest BCUT2D eigenvalue weighted by atomic mass is 10.1. The van der Waals surface area contributed by atoms with E-state index in [1.807, 2.05) is 28.9 Å². The van der Waals surface area contributed by atoms with Crippen molar-refractivity contribution in [2.75, 3.05) is 12.3 Å². The molecule has 0 unspecified atom stereocenters. The maximum Gasteiger partial charge on any atom is 0.230 e. The molecule has 1 aromatic carbocycles. The summed E-state index contributed by atoms with van der Waals surface area (Å²) in [4.78, 5) is 12.0. The van der Waals surface area contributed by atoms with Crippen molar-refractivity contribution in [3.8, 4) is 0 Å². The number of halogens is 1. The third-order valence-corrected chi connectivity index (χ3v) is 5.48. The number of carbonyl (C=O) groups is 1. The van der Waals surface area contributed by atoms with Crippen molar-refractivity contribution >= 4 is 29.3 Å². The van der Waals surface area contributed by atoms with Crippen molar-refractivity contribution in [3.63, 3.8) is 0 Å². The standard InChI is InChI=1S/C17H22ClN5OS/c18-14-5-3-4-13(10-14)8-9-19-17(24)12-25-11-16-20-21-22-23(16)15-6-1-2-7-15/h3-5,10,15H,1-2,6-9,11-12H2,(H,19,24). The van der Waals surface area contributed by atoms with Gasteiger partial charge >= 0.3 is 0 Å². The van der Waals surface area contributed by atoms with E-state index in [1.165, 1.54) is 12.8 Å². The lowest BCUT2D eigenvalue weighted by Crippen LogP contribution is -2.27. The third kappa shape index (κ3) is 5.44. The minimum atomic E-state index is 0.0342. The molecule has 0 spiro atoms. The Bertz CT molecular complexity index is 702. The van der Waals surface area contributed by atoms with Crippen LogP contribution in [0.25, 0.3) is 0 Å². The van der Waals surface area contributed by atoms with Gasteiger partial charge in [0.1, 0.15) is 0 Å². The topological polar surface area (TPSA) is 72.7 Å². The van der Waals surface area contributed by atoms with Crippen LogP contribution >= 0.6 is 23.4 Å². The van der Waals surface area contributed by atoms with Gasteiger partial charge in [0.15, 0.2) is 5.82 Å². The van der Waals surface area contributed by atoms with Crippen molar-refractivity contribution in [2.24, 2.45) is 0 Å². The zero-order chi connectivity index (χ0) is 17.5. The Kier molecular flexibility index (Phi) is 6.69. The average Bonchev–Trinajstić information content (AvgIpc) is 3.26. The fourth-order valence-electron chi connectivity index (χ4n) is 3.06. The largest absolute Gasteiger partial charge is 0.355 e. The van der Waals surface area contributed by atoms with Gasteiger partial charge in [-0.2, -0.15) is 0 Å². The predicted molar refractivity (Wildman–Crippen MR) is 99.6 cm³/mol. The summed E-state index contributed by atoms with van der Waals surface area (Å²) >= 11 is 7.50. The number of tetrazole rings is 1. The molecule has 1 heterocycles. The predicted octanol–water partition coefficient (Wildman–Crippen LogP) is 3.03. The molecule has 6 nitrogen and oxygen atoms in total. The summed E-state index contributed by atoms with van der Waals surface area (Å²) in [6, 6.07) is 8.13. The highest BCUT2D eigenvalue weighted by Gasteiger charge is 2.21. The first-order valence-corrected chi connectivity index (χ1v) is 10.1. The van der Waals surface area contributed by atoms with Gasteiger partial charge in [-0.25, -0.2) is 4.68 Å². The van der Waals surface area contributed by atoms with Gasteiger partial charge in [0, 0.05) is 11.6 Å². The molecule has 2 aromatic rings. The Balaban J connectivity index is 1.36. The number of aromatic nitrogens is 4. The first kappa shape index (κ1) is 18.2. The number of carbonyl (C=O) groups excluding carboxylic acids is 1. The first-order chi connectivity index (χ1) is 12.2. The van der Waals surface area contributed by atoms with Crippen molar-refractivity contribution in [2.45, 2.75) is 43.9 Å². The molecule has 1 N–H and O–H groups in total. The molecular formula is C17H22ClN5OS. The van der Waals surface area contributed by atoms with E-state index in [0.29, 0.717) is 24.1 Å². The maximum atomic E-state index is 12.0. The SMILES string of the molecule is O=C(CSCc1nnnn1C1CCCC1)NCCc1cccc(Cl)c1. The van der Waals surface area contributed by atoms with E-state index < -0.39 is 0 Å². The molecular weight excluding hydrogens is 358 g/mol. The Hall–Kier alpha value is -1.60. The summed E-state index contributed by atoms with van der Waals surface area (Å²) in [6.45, 7) is 0.611. The molecule has 1 fully saturated rings. The molecule has 0 aliphatic heterocycles. The van der Waals surface area contributed by atoms with Crippen LogP contribution in [-0.4, -0.2) is 38.4 Å².